The molecule has 0 unspecified atom stereocenters. The van der Waals surface area contributed by atoms with Crippen LogP contribution in [0.3, 0.4) is 0 Å². The normalized spacial score (nSPS) is 10.9. The lowest BCUT2D eigenvalue weighted by atomic mass is 10.2. The molecular weight excluding hydrogens is 330 g/mol. The molecule has 19 heavy (non-hydrogen) atoms. The molecule has 0 N–H and O–H groups in total. The van der Waals surface area contributed by atoms with Gasteiger partial charge in [0.05, 0.1) is 20.6 Å². The van der Waals surface area contributed by atoms with Crippen LogP contribution in [0.4, 0.5) is 5.69 Å². The van der Waals surface area contributed by atoms with Gasteiger partial charge in [-0.25, -0.2) is 4.98 Å². The highest BCUT2D eigenvalue weighted by atomic mass is 79.9. The van der Waals surface area contributed by atoms with Crippen molar-refractivity contribution in [2.75, 3.05) is 7.05 Å². The van der Waals surface area contributed by atoms with Crippen molar-refractivity contribution in [3.8, 4) is 0 Å². The predicted octanol–water partition coefficient (Wildman–Crippen LogP) is 3.45. The van der Waals surface area contributed by atoms with Crippen LogP contribution in [0.2, 0.25) is 0 Å². The Labute approximate surface area is 123 Å². The maximum atomic E-state index is 10.9. The summed E-state index contributed by atoms with van der Waals surface area (Å²) in [6.45, 7) is 1.35. The number of benzene rings is 1. The van der Waals surface area contributed by atoms with Crippen molar-refractivity contribution < 1.29 is 4.92 Å². The van der Waals surface area contributed by atoms with Crippen LogP contribution < -0.4 is 0 Å². The summed E-state index contributed by atoms with van der Waals surface area (Å²) >= 11 is 4.87. The number of nitro groups is 1. The Morgan fingerprint density at radius 2 is 2.26 bits per heavy atom. The van der Waals surface area contributed by atoms with E-state index in [0.717, 1.165) is 17.8 Å². The van der Waals surface area contributed by atoms with Gasteiger partial charge < -0.3 is 0 Å². The maximum absolute atomic E-state index is 10.9. The average Bonchev–Trinajstić information content (AvgIpc) is 2.84. The molecule has 5 nitrogen and oxygen atoms in total. The van der Waals surface area contributed by atoms with Crippen LogP contribution >= 0.6 is 27.3 Å². The Kier molecular flexibility index (Phi) is 4.62. The van der Waals surface area contributed by atoms with Crippen LogP contribution in [0.1, 0.15) is 11.3 Å². The molecule has 7 heteroatoms. The SMILES string of the molecule is CN(Cc1cscn1)Cc1cccc([N+](=O)[O-])c1Br. The third kappa shape index (κ3) is 3.59. The third-order valence-electron chi connectivity index (χ3n) is 2.61. The number of hydrogen-bond donors (Lipinski definition) is 0. The number of rotatable bonds is 5. The summed E-state index contributed by atoms with van der Waals surface area (Å²) in [6.07, 6.45) is 0. The molecule has 0 saturated heterocycles. The van der Waals surface area contributed by atoms with Gasteiger partial charge in [0.2, 0.25) is 0 Å². The van der Waals surface area contributed by atoms with E-state index in [1.807, 2.05) is 18.5 Å². The molecule has 2 rings (SSSR count). The number of thiazole rings is 1. The molecule has 1 heterocycles. The van der Waals surface area contributed by atoms with E-state index in [9.17, 15) is 10.1 Å². The summed E-state index contributed by atoms with van der Waals surface area (Å²) in [5.41, 5.74) is 3.80. The van der Waals surface area contributed by atoms with E-state index in [2.05, 4.69) is 25.8 Å². The van der Waals surface area contributed by atoms with Gasteiger partial charge in [0, 0.05) is 24.5 Å². The first-order chi connectivity index (χ1) is 9.08. The van der Waals surface area contributed by atoms with E-state index in [1.165, 1.54) is 6.07 Å². The average molecular weight is 342 g/mol. The fourth-order valence-corrected chi connectivity index (χ4v) is 2.85. The van der Waals surface area contributed by atoms with Crippen molar-refractivity contribution in [1.29, 1.82) is 0 Å². The Morgan fingerprint density at radius 3 is 2.89 bits per heavy atom. The van der Waals surface area contributed by atoms with Gasteiger partial charge in [0.25, 0.3) is 5.69 Å². The number of aromatic nitrogens is 1. The van der Waals surface area contributed by atoms with Gasteiger partial charge in [-0.15, -0.1) is 11.3 Å². The molecule has 0 saturated carbocycles. The molecule has 0 bridgehead atoms. The number of halogens is 1. The number of hydrogen-bond acceptors (Lipinski definition) is 5. The highest BCUT2D eigenvalue weighted by Crippen LogP contribution is 2.29. The van der Waals surface area contributed by atoms with Crippen molar-refractivity contribution in [1.82, 2.24) is 9.88 Å². The van der Waals surface area contributed by atoms with Crippen molar-refractivity contribution in [2.45, 2.75) is 13.1 Å². The van der Waals surface area contributed by atoms with Gasteiger partial charge in [-0.2, -0.15) is 0 Å². The maximum Gasteiger partial charge on any atom is 0.283 e. The van der Waals surface area contributed by atoms with Crippen molar-refractivity contribution in [3.63, 3.8) is 0 Å². The van der Waals surface area contributed by atoms with Crippen LogP contribution in [0.25, 0.3) is 0 Å². The molecular formula is C12H12BrN3O2S. The van der Waals surface area contributed by atoms with Crippen LogP contribution in [0, 0.1) is 10.1 Å². The minimum Gasteiger partial charge on any atom is -0.296 e. The molecule has 0 fully saturated rings. The second-order valence-corrected chi connectivity index (χ2v) is 5.67. The highest BCUT2D eigenvalue weighted by molar-refractivity contribution is 9.10. The zero-order valence-corrected chi connectivity index (χ0v) is 12.6. The molecule has 2 aromatic rings. The van der Waals surface area contributed by atoms with Crippen molar-refractivity contribution >= 4 is 33.0 Å². The monoisotopic (exact) mass is 341 g/mol. The minimum absolute atomic E-state index is 0.0968. The second-order valence-electron chi connectivity index (χ2n) is 4.16. The summed E-state index contributed by atoms with van der Waals surface area (Å²) in [5.74, 6) is 0. The van der Waals surface area contributed by atoms with Crippen LogP contribution in [-0.2, 0) is 13.1 Å². The first-order valence-corrected chi connectivity index (χ1v) is 7.29. The van der Waals surface area contributed by atoms with Gasteiger partial charge in [0.15, 0.2) is 0 Å². The van der Waals surface area contributed by atoms with Gasteiger partial charge in [-0.05, 0) is 28.5 Å². The summed E-state index contributed by atoms with van der Waals surface area (Å²) in [5, 5.41) is 12.9. The first-order valence-electron chi connectivity index (χ1n) is 5.55. The molecule has 0 amide bonds. The fourth-order valence-electron chi connectivity index (χ4n) is 1.77. The third-order valence-corrected chi connectivity index (χ3v) is 4.16. The molecule has 0 atom stereocenters. The van der Waals surface area contributed by atoms with Crippen molar-refractivity contribution in [3.05, 3.63) is 54.9 Å². The number of nitrogens with zero attached hydrogens (tertiary/aromatic N) is 3. The van der Waals surface area contributed by atoms with Crippen molar-refractivity contribution in [2.24, 2.45) is 0 Å². The molecule has 100 valence electrons. The van der Waals surface area contributed by atoms with E-state index in [-0.39, 0.29) is 10.6 Å². The van der Waals surface area contributed by atoms with Crippen LogP contribution in [-0.4, -0.2) is 21.9 Å². The molecule has 0 aliphatic rings. The first kappa shape index (κ1) is 14.1. The Bertz CT molecular complexity index is 574. The summed E-state index contributed by atoms with van der Waals surface area (Å²) in [4.78, 5) is 16.8. The Morgan fingerprint density at radius 1 is 1.47 bits per heavy atom. The molecule has 0 aliphatic heterocycles. The van der Waals surface area contributed by atoms with E-state index in [4.69, 9.17) is 0 Å². The zero-order valence-electron chi connectivity index (χ0n) is 10.2. The largest absolute Gasteiger partial charge is 0.296 e. The number of nitro benzene ring substituents is 1. The molecule has 1 aromatic carbocycles. The van der Waals surface area contributed by atoms with E-state index < -0.39 is 0 Å². The van der Waals surface area contributed by atoms with Gasteiger partial charge in [0.1, 0.15) is 0 Å². The summed E-state index contributed by atoms with van der Waals surface area (Å²) in [7, 11) is 1.96. The Hall–Kier alpha value is -1.31. The molecule has 1 aromatic heterocycles. The summed E-state index contributed by atoms with van der Waals surface area (Å²) < 4.78 is 0.546. The summed E-state index contributed by atoms with van der Waals surface area (Å²) in [6, 6.07) is 5.08. The lowest BCUT2D eigenvalue weighted by molar-refractivity contribution is -0.385. The second kappa shape index (κ2) is 6.23. The quantitative estimate of drug-likeness (QED) is 0.617. The zero-order chi connectivity index (χ0) is 13.8. The predicted molar refractivity (Wildman–Crippen MR) is 78.1 cm³/mol. The van der Waals surface area contributed by atoms with E-state index in [1.54, 1.807) is 22.9 Å². The topological polar surface area (TPSA) is 59.3 Å². The molecule has 0 radical (unpaired) electrons. The van der Waals surface area contributed by atoms with Crippen LogP contribution in [0.5, 0.6) is 0 Å². The lowest BCUT2D eigenvalue weighted by Gasteiger charge is -2.16. The minimum atomic E-state index is -0.381. The highest BCUT2D eigenvalue weighted by Gasteiger charge is 2.15. The smallest absolute Gasteiger partial charge is 0.283 e. The molecule has 0 aliphatic carbocycles. The van der Waals surface area contributed by atoms with E-state index in [0.29, 0.717) is 11.0 Å². The fraction of sp³-hybridized carbons (Fsp3) is 0.250. The van der Waals surface area contributed by atoms with Gasteiger partial charge in [-0.1, -0.05) is 12.1 Å². The van der Waals surface area contributed by atoms with E-state index >= 15 is 0 Å². The van der Waals surface area contributed by atoms with Gasteiger partial charge in [-0.3, -0.25) is 15.0 Å². The lowest BCUT2D eigenvalue weighted by Crippen LogP contribution is -2.17. The van der Waals surface area contributed by atoms with Crippen LogP contribution in [0.15, 0.2) is 33.6 Å². The molecule has 0 spiro atoms. The Balaban J connectivity index is 2.10. The van der Waals surface area contributed by atoms with Gasteiger partial charge >= 0.3 is 0 Å². The standard InChI is InChI=1S/C12H12BrN3O2S/c1-15(6-10-7-19-8-14-10)5-9-3-2-4-11(12(9)13)16(17)18/h2-4,7-8H,5-6H2,1H3.